The second kappa shape index (κ2) is 26.8. The molecule has 70 heavy (non-hydrogen) atoms. The molecule has 1 aliphatic carbocycles. The molecular weight excluding hydrogens is 889 g/mol. The van der Waals surface area contributed by atoms with Crippen LogP contribution in [0.5, 0.6) is 0 Å². The highest BCUT2D eigenvalue weighted by atomic mass is 16.6. The van der Waals surface area contributed by atoms with Crippen molar-refractivity contribution in [3.05, 3.63) is 77.9 Å². The number of carbonyl (C=O) groups excluding carboxylic acids is 3. The Morgan fingerprint density at radius 3 is 2.26 bits per heavy atom. The molecule has 0 spiro atoms. The number of esters is 1. The Kier molecular flexibility index (Phi) is 21.9. The van der Waals surface area contributed by atoms with Gasteiger partial charge in [-0.1, -0.05) is 94.8 Å². The number of Topliss-reactive ketones (excluding diaryl/α,β-unsaturated/α-hetero) is 1. The van der Waals surface area contributed by atoms with Gasteiger partial charge in [0.2, 0.25) is 5.79 Å². The van der Waals surface area contributed by atoms with E-state index in [0.29, 0.717) is 76.2 Å². The fourth-order valence-electron chi connectivity index (χ4n) is 11.5. The van der Waals surface area contributed by atoms with E-state index in [-0.39, 0.29) is 54.1 Å². The number of piperidine rings is 1. The number of allylic oxidation sites excluding steroid dienone is 6. The molecule has 392 valence electrons. The molecule has 1 amide bonds. The zero-order valence-corrected chi connectivity index (χ0v) is 44.0. The first-order valence-corrected chi connectivity index (χ1v) is 26.3. The van der Waals surface area contributed by atoms with Crippen molar-refractivity contribution in [3.8, 4) is 0 Å². The van der Waals surface area contributed by atoms with Crippen molar-refractivity contribution in [1.82, 2.24) is 4.90 Å². The lowest BCUT2D eigenvalue weighted by atomic mass is 9.78. The van der Waals surface area contributed by atoms with Crippen LogP contribution in [0.1, 0.15) is 132 Å². The van der Waals surface area contributed by atoms with Crippen LogP contribution in [0.15, 0.2) is 77.9 Å². The summed E-state index contributed by atoms with van der Waals surface area (Å²) < 4.78 is 24.3. The van der Waals surface area contributed by atoms with Gasteiger partial charge in [0.1, 0.15) is 24.4 Å². The fraction of sp³-hybridized carbons (Fsp3) is 0.702. The minimum absolute atomic E-state index is 0.0658. The van der Waals surface area contributed by atoms with Crippen LogP contribution in [0.25, 0.3) is 0 Å². The molecule has 13 heteroatoms. The number of ketones is 1. The second-order valence-corrected chi connectivity index (χ2v) is 21.6. The Labute approximate surface area is 419 Å². The normalized spacial score (nSPS) is 39.3. The molecule has 2 saturated heterocycles. The number of cyclic esters (lactones) is 1. The molecule has 3 heterocycles. The number of anilines is 1. The minimum Gasteiger partial charge on any atom is -0.461 e. The lowest BCUT2D eigenvalue weighted by Crippen LogP contribution is -2.63. The van der Waals surface area contributed by atoms with E-state index >= 15 is 0 Å². The quantitative estimate of drug-likeness (QED) is 0.152. The lowest BCUT2D eigenvalue weighted by Gasteiger charge is -2.47. The number of carbonyl (C=O) groups is 3. The molecule has 5 rings (SSSR count). The molecule has 1 aromatic carbocycles. The zero-order valence-electron chi connectivity index (χ0n) is 44.0. The number of methoxy groups -OCH3 is 2. The Hall–Kier alpha value is -3.69. The number of hydrogen-bond acceptors (Lipinski definition) is 12. The summed E-state index contributed by atoms with van der Waals surface area (Å²) in [4.78, 5) is 46.5. The van der Waals surface area contributed by atoms with Crippen LogP contribution >= 0.6 is 0 Å². The average Bonchev–Trinajstić information content (AvgIpc) is 3.35. The number of hydrogen-bond donors (Lipinski definition) is 4. The maximum absolute atomic E-state index is 14.6. The number of likely N-dealkylation sites (N-methyl/N-ethyl adjacent to an activating group) is 1. The van der Waals surface area contributed by atoms with Gasteiger partial charge in [-0.15, -0.1) is 0 Å². The van der Waals surface area contributed by atoms with Crippen LogP contribution in [0, 0.1) is 35.5 Å². The van der Waals surface area contributed by atoms with Crippen molar-refractivity contribution in [3.63, 3.8) is 0 Å². The van der Waals surface area contributed by atoms with E-state index in [4.69, 9.17) is 18.9 Å². The van der Waals surface area contributed by atoms with Gasteiger partial charge in [0.25, 0.3) is 5.91 Å². The third kappa shape index (κ3) is 14.9. The summed E-state index contributed by atoms with van der Waals surface area (Å²) in [5, 5.41) is 46.5. The fourth-order valence-corrected chi connectivity index (χ4v) is 11.5. The van der Waals surface area contributed by atoms with Gasteiger partial charge in [-0.2, -0.15) is 0 Å². The topological polar surface area (TPSA) is 176 Å². The van der Waals surface area contributed by atoms with E-state index in [1.165, 1.54) is 12.0 Å². The third-order valence-electron chi connectivity index (χ3n) is 16.1. The number of ether oxygens (including phenoxy) is 4. The molecule has 2 bridgehead atoms. The van der Waals surface area contributed by atoms with Crippen molar-refractivity contribution in [2.75, 3.05) is 32.7 Å². The monoisotopic (exact) mass is 977 g/mol. The van der Waals surface area contributed by atoms with Gasteiger partial charge in [0, 0.05) is 45.3 Å². The van der Waals surface area contributed by atoms with E-state index in [1.807, 2.05) is 82.5 Å². The van der Waals surface area contributed by atoms with Crippen LogP contribution in [-0.4, -0.2) is 131 Å². The summed E-state index contributed by atoms with van der Waals surface area (Å²) in [6.45, 7) is 13.9. The van der Waals surface area contributed by atoms with Crippen LogP contribution in [-0.2, 0) is 33.3 Å². The van der Waals surface area contributed by atoms with Crippen molar-refractivity contribution in [1.29, 1.82) is 0 Å². The maximum Gasteiger partial charge on any atom is 0.329 e. The molecule has 13 nitrogen and oxygen atoms in total. The summed E-state index contributed by atoms with van der Waals surface area (Å²) >= 11 is 0. The van der Waals surface area contributed by atoms with E-state index < -0.39 is 66.2 Å². The maximum atomic E-state index is 14.6. The van der Waals surface area contributed by atoms with Crippen LogP contribution in [0.4, 0.5) is 5.69 Å². The third-order valence-corrected chi connectivity index (χ3v) is 16.1. The molecule has 1 aromatic rings. The summed E-state index contributed by atoms with van der Waals surface area (Å²) in [5.74, 6) is -4.46. The molecule has 4 aliphatic rings. The molecular formula is C57H88N2O11. The summed E-state index contributed by atoms with van der Waals surface area (Å²) in [6, 6.07) is 8.88. The van der Waals surface area contributed by atoms with E-state index in [0.717, 1.165) is 24.1 Å². The van der Waals surface area contributed by atoms with Gasteiger partial charge in [-0.25, -0.2) is 4.79 Å². The first-order valence-electron chi connectivity index (χ1n) is 26.3. The first-order chi connectivity index (χ1) is 33.3. The minimum atomic E-state index is -2.20. The van der Waals surface area contributed by atoms with Crippen molar-refractivity contribution < 1.29 is 53.8 Å². The summed E-state index contributed by atoms with van der Waals surface area (Å²) in [5.41, 5.74) is 2.65. The van der Waals surface area contributed by atoms with Gasteiger partial charge in [-0.05, 0) is 139 Å². The van der Waals surface area contributed by atoms with E-state index in [1.54, 1.807) is 14.0 Å². The average molecular weight is 977 g/mol. The number of aliphatic hydroxyl groups excluding tert-OH is 3. The number of benzene rings is 1. The van der Waals surface area contributed by atoms with Crippen LogP contribution in [0.2, 0.25) is 0 Å². The summed E-state index contributed by atoms with van der Waals surface area (Å²) in [7, 11) is 5.10. The Balaban J connectivity index is 1.49. The molecule has 3 fully saturated rings. The highest BCUT2D eigenvalue weighted by Gasteiger charge is 2.53. The Morgan fingerprint density at radius 2 is 1.56 bits per heavy atom. The van der Waals surface area contributed by atoms with Gasteiger partial charge in [0.05, 0.1) is 24.4 Å². The number of rotatable bonds is 7. The van der Waals surface area contributed by atoms with Gasteiger partial charge in [-0.3, -0.25) is 9.59 Å². The zero-order chi connectivity index (χ0) is 51.3. The summed E-state index contributed by atoms with van der Waals surface area (Å²) in [6.07, 6.45) is 13.8. The molecule has 16 atom stereocenters. The number of amides is 1. The van der Waals surface area contributed by atoms with Gasteiger partial charge >= 0.3 is 5.97 Å². The second-order valence-electron chi connectivity index (χ2n) is 21.6. The van der Waals surface area contributed by atoms with E-state index in [9.17, 15) is 34.8 Å². The number of fused-ring (bicyclic) bond motifs is 3. The molecule has 4 N–H and O–H groups in total. The van der Waals surface area contributed by atoms with Crippen molar-refractivity contribution in [2.24, 2.45) is 35.5 Å². The molecule has 0 radical (unpaired) electrons. The Bertz CT molecular complexity index is 1950. The SMILES string of the molecule is COC1CC(C[C@@H](C)[C@@H]2CC[C@H](C)/C=C(\C)C(O)[C@@H](OC)C(=O)C(C)C[C@H](C)/C=C/C=C/C=C(\C)C(N(C)c3ccccc3)C[C@@H]3CCC(C)C(O)(O3)C(O)C(=O)N3CCCCC3C(=O)O2)CC[C@H]1O. The highest BCUT2D eigenvalue weighted by molar-refractivity contribution is 5.88. The largest absolute Gasteiger partial charge is 0.461 e. The molecule has 0 aromatic heterocycles. The molecule has 1 saturated carbocycles. The van der Waals surface area contributed by atoms with E-state index in [2.05, 4.69) is 37.8 Å². The van der Waals surface area contributed by atoms with Crippen LogP contribution in [0.3, 0.4) is 0 Å². The standard InChI is InChI=1S/C57H88N2O11/c1-36-19-13-11-14-20-38(3)47(58(8)44-21-15-12-16-22-44)35-45-27-25-42(7)57(66,70-45)54(63)55(64)59-30-18-17-23-46(59)56(65)69-49(39(4)33-43-26-28-48(60)50(34-43)67-9)29-24-37(2)32-41(6)52(62)53(68-10)51(61)40(5)31-36/h11-16,19-22,32,36-37,39-40,42-43,45-50,52-54,60,62-63,66H,17-18,23-31,33-35H2,1-10H3/b14-11+,19-13+,38-20+,41-32+/t36-,37+,39-,40?,42?,43?,45+,46?,47?,48-,49+,50?,52?,53+,54?,57?/m1/s1. The van der Waals surface area contributed by atoms with Gasteiger partial charge in [0.15, 0.2) is 11.9 Å². The van der Waals surface area contributed by atoms with Crippen LogP contribution < -0.4 is 4.90 Å². The smallest absolute Gasteiger partial charge is 0.329 e. The lowest BCUT2D eigenvalue weighted by molar-refractivity contribution is -0.316. The number of nitrogens with zero attached hydrogens (tertiary/aromatic N) is 2. The number of para-hydroxylation sites is 1. The molecule has 3 aliphatic heterocycles. The molecule has 9 unspecified atom stereocenters. The Morgan fingerprint density at radius 1 is 0.829 bits per heavy atom. The number of aliphatic hydroxyl groups is 4. The predicted molar refractivity (Wildman–Crippen MR) is 274 cm³/mol. The predicted octanol–water partition coefficient (Wildman–Crippen LogP) is 8.28. The van der Waals surface area contributed by atoms with Crippen molar-refractivity contribution >= 4 is 23.3 Å². The first kappa shape index (κ1) is 57.2. The van der Waals surface area contributed by atoms with Crippen molar-refractivity contribution in [2.45, 2.75) is 193 Å². The highest BCUT2D eigenvalue weighted by Crippen LogP contribution is 2.40. The van der Waals surface area contributed by atoms with Gasteiger partial charge < -0.3 is 49.2 Å².